The summed E-state index contributed by atoms with van der Waals surface area (Å²) in [4.78, 5) is 0. The van der Waals surface area contributed by atoms with Crippen LogP contribution in [0.1, 0.15) is 16.7 Å². The number of hydrogen-bond acceptors (Lipinski definition) is 1. The van der Waals surface area contributed by atoms with Gasteiger partial charge >= 0.3 is 0 Å². The Labute approximate surface area is 215 Å². The second-order valence-electron chi connectivity index (χ2n) is 8.90. The largest absolute Gasteiger partial charge is 0.456 e. The van der Waals surface area contributed by atoms with E-state index < -0.39 is 0 Å². The van der Waals surface area contributed by atoms with Crippen molar-refractivity contribution in [2.45, 2.75) is 20.8 Å². The Hall–Kier alpha value is -3.62. The van der Waals surface area contributed by atoms with Crippen molar-refractivity contribution in [1.82, 2.24) is 0 Å². The topological polar surface area (TPSA) is 13.1 Å². The van der Waals surface area contributed by atoms with E-state index in [1.54, 1.807) is 0 Å². The van der Waals surface area contributed by atoms with Gasteiger partial charge in [-0.05, 0) is 90.0 Å². The second kappa shape index (κ2) is 9.93. The molecule has 0 aliphatic heterocycles. The van der Waals surface area contributed by atoms with E-state index in [2.05, 4.69) is 116 Å². The summed E-state index contributed by atoms with van der Waals surface area (Å²) in [7, 11) is 0. The lowest BCUT2D eigenvalue weighted by Crippen LogP contribution is -1.88. The SMILES string of the molecule is Cc1cccc2oc3ccccc3c12.Cc1ccccc1-c1cc(-c2cccc(Br)c2)ccc1C. The molecule has 5 aromatic carbocycles. The number of aryl methyl sites for hydroxylation is 3. The van der Waals surface area contributed by atoms with Crippen LogP contribution >= 0.6 is 15.9 Å². The van der Waals surface area contributed by atoms with Crippen LogP contribution in [0.3, 0.4) is 0 Å². The van der Waals surface area contributed by atoms with Gasteiger partial charge < -0.3 is 4.42 Å². The first-order chi connectivity index (χ1) is 17.0. The summed E-state index contributed by atoms with van der Waals surface area (Å²) in [6, 6.07) is 38.0. The highest BCUT2D eigenvalue weighted by Crippen LogP contribution is 2.32. The molecule has 1 aromatic heterocycles. The maximum Gasteiger partial charge on any atom is 0.135 e. The third-order valence-electron chi connectivity index (χ3n) is 6.44. The zero-order valence-corrected chi connectivity index (χ0v) is 21.8. The van der Waals surface area contributed by atoms with Gasteiger partial charge in [0.15, 0.2) is 0 Å². The first-order valence-corrected chi connectivity index (χ1v) is 12.6. The maximum atomic E-state index is 5.73. The first kappa shape index (κ1) is 23.1. The maximum absolute atomic E-state index is 5.73. The smallest absolute Gasteiger partial charge is 0.135 e. The van der Waals surface area contributed by atoms with Gasteiger partial charge in [0.05, 0.1) is 0 Å². The van der Waals surface area contributed by atoms with Gasteiger partial charge in [-0.25, -0.2) is 0 Å². The number of halogens is 1. The molecule has 0 aliphatic carbocycles. The molecular formula is C33H27BrO. The van der Waals surface area contributed by atoms with Crippen LogP contribution in [-0.4, -0.2) is 0 Å². The summed E-state index contributed by atoms with van der Waals surface area (Å²) < 4.78 is 6.84. The molecule has 0 bridgehead atoms. The van der Waals surface area contributed by atoms with Crippen molar-refractivity contribution in [3.05, 3.63) is 130 Å². The zero-order chi connectivity index (χ0) is 24.4. The second-order valence-corrected chi connectivity index (χ2v) is 9.82. The van der Waals surface area contributed by atoms with Crippen LogP contribution in [0.4, 0.5) is 0 Å². The van der Waals surface area contributed by atoms with Crippen molar-refractivity contribution >= 4 is 37.9 Å². The Morgan fingerprint density at radius 3 is 2.00 bits per heavy atom. The van der Waals surface area contributed by atoms with Gasteiger partial charge in [0, 0.05) is 15.2 Å². The van der Waals surface area contributed by atoms with E-state index >= 15 is 0 Å². The molecule has 2 heteroatoms. The molecule has 0 unspecified atom stereocenters. The predicted molar refractivity (Wildman–Crippen MR) is 153 cm³/mol. The average molecular weight is 519 g/mol. The molecule has 1 nitrogen and oxygen atoms in total. The molecule has 0 saturated carbocycles. The minimum absolute atomic E-state index is 0.969. The van der Waals surface area contributed by atoms with Crippen LogP contribution in [0, 0.1) is 20.8 Å². The molecule has 0 saturated heterocycles. The van der Waals surface area contributed by atoms with Crippen LogP contribution in [0.25, 0.3) is 44.2 Å². The van der Waals surface area contributed by atoms with Crippen molar-refractivity contribution < 1.29 is 4.42 Å². The minimum Gasteiger partial charge on any atom is -0.456 e. The lowest BCUT2D eigenvalue weighted by atomic mass is 9.93. The number of benzene rings is 5. The number of rotatable bonds is 2. The van der Waals surface area contributed by atoms with Gasteiger partial charge in [0.25, 0.3) is 0 Å². The summed E-state index contributed by atoms with van der Waals surface area (Å²) >= 11 is 3.55. The minimum atomic E-state index is 0.969. The van der Waals surface area contributed by atoms with E-state index in [1.807, 2.05) is 30.3 Å². The number of para-hydroxylation sites is 1. The van der Waals surface area contributed by atoms with E-state index in [-0.39, 0.29) is 0 Å². The highest BCUT2D eigenvalue weighted by molar-refractivity contribution is 9.10. The molecule has 172 valence electrons. The van der Waals surface area contributed by atoms with Crippen LogP contribution in [0.2, 0.25) is 0 Å². The van der Waals surface area contributed by atoms with Gasteiger partial charge in [-0.2, -0.15) is 0 Å². The molecule has 0 N–H and O–H groups in total. The van der Waals surface area contributed by atoms with Gasteiger partial charge in [-0.1, -0.05) is 94.8 Å². The molecule has 6 aromatic rings. The lowest BCUT2D eigenvalue weighted by molar-refractivity contribution is 0.669. The number of furan rings is 1. The van der Waals surface area contributed by atoms with Gasteiger partial charge in [-0.15, -0.1) is 0 Å². The van der Waals surface area contributed by atoms with Crippen LogP contribution in [0.5, 0.6) is 0 Å². The molecule has 0 fully saturated rings. The first-order valence-electron chi connectivity index (χ1n) is 11.8. The van der Waals surface area contributed by atoms with Crippen LogP contribution in [-0.2, 0) is 0 Å². The Morgan fingerprint density at radius 1 is 0.514 bits per heavy atom. The average Bonchev–Trinajstić information content (AvgIpc) is 3.25. The molecular weight excluding hydrogens is 492 g/mol. The molecule has 1 heterocycles. The Balaban J connectivity index is 0.000000156. The van der Waals surface area contributed by atoms with Crippen molar-refractivity contribution in [3.63, 3.8) is 0 Å². The highest BCUT2D eigenvalue weighted by atomic mass is 79.9. The summed E-state index contributed by atoms with van der Waals surface area (Å²) in [5, 5.41) is 2.45. The predicted octanol–water partition coefficient (Wildman–Crippen LogP) is 10.3. The molecule has 0 amide bonds. The molecule has 0 atom stereocenters. The third kappa shape index (κ3) is 4.80. The van der Waals surface area contributed by atoms with Crippen molar-refractivity contribution in [2.75, 3.05) is 0 Å². The number of fused-ring (bicyclic) bond motifs is 3. The van der Waals surface area contributed by atoms with Crippen LogP contribution < -0.4 is 0 Å². The van der Waals surface area contributed by atoms with E-state index in [0.29, 0.717) is 0 Å². The molecule has 0 spiro atoms. The summed E-state index contributed by atoms with van der Waals surface area (Å²) in [5.41, 5.74) is 10.9. The van der Waals surface area contributed by atoms with E-state index in [0.717, 1.165) is 15.6 Å². The highest BCUT2D eigenvalue weighted by Gasteiger charge is 2.08. The fraction of sp³-hybridized carbons (Fsp3) is 0.0909. The van der Waals surface area contributed by atoms with Crippen molar-refractivity contribution in [3.8, 4) is 22.3 Å². The summed E-state index contributed by atoms with van der Waals surface area (Å²) in [5.74, 6) is 0. The monoisotopic (exact) mass is 518 g/mol. The lowest BCUT2D eigenvalue weighted by Gasteiger charge is -2.12. The normalized spacial score (nSPS) is 10.9. The van der Waals surface area contributed by atoms with Crippen molar-refractivity contribution in [1.29, 1.82) is 0 Å². The van der Waals surface area contributed by atoms with Gasteiger partial charge in [0.1, 0.15) is 11.2 Å². The zero-order valence-electron chi connectivity index (χ0n) is 20.2. The van der Waals surface area contributed by atoms with Gasteiger partial charge in [0.2, 0.25) is 0 Å². The Kier molecular flexibility index (Phi) is 6.57. The van der Waals surface area contributed by atoms with Crippen LogP contribution in [0.15, 0.2) is 118 Å². The quantitative estimate of drug-likeness (QED) is 0.222. The summed E-state index contributed by atoms with van der Waals surface area (Å²) in [6.07, 6.45) is 0. The molecule has 0 aliphatic rings. The molecule has 35 heavy (non-hydrogen) atoms. The Bertz CT molecular complexity index is 1640. The summed E-state index contributed by atoms with van der Waals surface area (Å²) in [6.45, 7) is 6.46. The third-order valence-corrected chi connectivity index (χ3v) is 6.93. The number of hydrogen-bond donors (Lipinski definition) is 0. The van der Waals surface area contributed by atoms with E-state index in [9.17, 15) is 0 Å². The van der Waals surface area contributed by atoms with Gasteiger partial charge in [-0.3, -0.25) is 0 Å². The standard InChI is InChI=1S/C20H17Br.C13H10O/c1-14-6-3-4-9-19(14)20-13-17(11-10-15(20)2)16-7-5-8-18(21)12-16;1-9-5-4-8-12-13(9)10-6-2-3-7-11(10)14-12/h3-13H,1-2H3;2-8H,1H3. The van der Waals surface area contributed by atoms with E-state index in [4.69, 9.17) is 4.42 Å². The molecule has 0 radical (unpaired) electrons. The van der Waals surface area contributed by atoms with Crippen molar-refractivity contribution in [2.24, 2.45) is 0 Å². The fourth-order valence-electron chi connectivity index (χ4n) is 4.59. The Morgan fingerprint density at radius 2 is 1.17 bits per heavy atom. The fourth-order valence-corrected chi connectivity index (χ4v) is 4.99. The molecule has 6 rings (SSSR count). The van der Waals surface area contributed by atoms with E-state index in [1.165, 1.54) is 49.7 Å².